The minimum Gasteiger partial charge on any atom is -0.378 e. The van der Waals surface area contributed by atoms with E-state index in [0.717, 1.165) is 23.0 Å². The molecule has 1 unspecified atom stereocenters. The van der Waals surface area contributed by atoms with E-state index in [1.807, 2.05) is 0 Å². The highest BCUT2D eigenvalue weighted by Crippen LogP contribution is 2.31. The van der Waals surface area contributed by atoms with E-state index in [9.17, 15) is 18.8 Å². The molecule has 2 amide bonds. The molecule has 0 aliphatic heterocycles. The van der Waals surface area contributed by atoms with Gasteiger partial charge in [-0.15, -0.1) is 0 Å². The van der Waals surface area contributed by atoms with E-state index in [-0.39, 0.29) is 37.7 Å². The third kappa shape index (κ3) is 3.75. The third-order valence-corrected chi connectivity index (χ3v) is 5.65. The van der Waals surface area contributed by atoms with Gasteiger partial charge in [-0.2, -0.15) is 0 Å². The Morgan fingerprint density at radius 2 is 2.03 bits per heavy atom. The highest BCUT2D eigenvalue weighted by atomic mass is 35.5. The summed E-state index contributed by atoms with van der Waals surface area (Å²) in [5, 5.41) is 3.32. The molecule has 2 aromatic heterocycles. The first-order valence-electron chi connectivity index (χ1n) is 12.8. The van der Waals surface area contributed by atoms with Gasteiger partial charge in [-0.1, -0.05) is 11.6 Å². The van der Waals surface area contributed by atoms with Crippen LogP contribution in [0.2, 0.25) is 5.02 Å². The van der Waals surface area contributed by atoms with Gasteiger partial charge in [-0.05, 0) is 37.3 Å². The summed E-state index contributed by atoms with van der Waals surface area (Å²) in [6.45, 7) is -5.01. The molecule has 11 heteroatoms. The Hall–Kier alpha value is -3.92. The number of aromatic nitrogens is 3. The Morgan fingerprint density at radius 3 is 2.71 bits per heavy atom. The number of carbonyl (C=O) groups is 2. The number of nitrogens with two attached hydrogens (primary N) is 1. The van der Waals surface area contributed by atoms with Gasteiger partial charge in [0.1, 0.15) is 12.1 Å². The summed E-state index contributed by atoms with van der Waals surface area (Å²) < 4.78 is 61.7. The lowest BCUT2D eigenvalue weighted by Gasteiger charge is -2.21. The Kier molecular flexibility index (Phi) is 4.14. The number of rotatable bonds is 5. The van der Waals surface area contributed by atoms with Gasteiger partial charge in [0.05, 0.1) is 22.5 Å². The Balaban J connectivity index is 1.98. The maximum atomic E-state index is 13.8. The average molecular weight is 491 g/mol. The number of nitrogens with one attached hydrogen (secondary N) is 1. The zero-order valence-electron chi connectivity index (χ0n) is 23.9. The summed E-state index contributed by atoms with van der Waals surface area (Å²) in [5.41, 5.74) is 4.68. The minimum absolute atomic E-state index is 0.0975. The number of aryl methyl sites for hydroxylation is 1. The van der Waals surface area contributed by atoms with Gasteiger partial charge >= 0.3 is 0 Å². The molecular formula is C23H22ClFN6O3. The summed E-state index contributed by atoms with van der Waals surface area (Å²) in [6.07, 6.45) is 1.15. The Bertz CT molecular complexity index is 1740. The van der Waals surface area contributed by atoms with E-state index < -0.39 is 48.9 Å². The highest BCUT2D eigenvalue weighted by Gasteiger charge is 2.24. The van der Waals surface area contributed by atoms with Gasteiger partial charge in [0.15, 0.2) is 11.3 Å². The van der Waals surface area contributed by atoms with Crippen LogP contribution in [0.4, 0.5) is 10.1 Å². The number of carbonyl (C=O) groups excluding carboxylic acids is 2. The lowest BCUT2D eigenvalue weighted by molar-refractivity contribution is 0.0823. The molecule has 3 N–H and O–H groups in total. The maximum Gasteiger partial charge on any atom is 0.275 e. The second-order valence-corrected chi connectivity index (χ2v) is 8.04. The van der Waals surface area contributed by atoms with E-state index in [1.54, 1.807) is 6.92 Å². The second-order valence-electron chi connectivity index (χ2n) is 7.60. The number of nitrogens with zero attached hydrogens (tertiary/aromatic N) is 4. The first-order valence-corrected chi connectivity index (χ1v) is 10.2. The van der Waals surface area contributed by atoms with Crippen LogP contribution in [0.25, 0.3) is 16.6 Å². The summed E-state index contributed by atoms with van der Waals surface area (Å²) >= 11 is 6.34. The van der Waals surface area contributed by atoms with Crippen LogP contribution in [0, 0.1) is 5.82 Å². The first-order chi connectivity index (χ1) is 18.4. The normalized spacial score (nSPS) is 15.5. The van der Waals surface area contributed by atoms with Crippen molar-refractivity contribution in [2.75, 3.05) is 19.3 Å². The van der Waals surface area contributed by atoms with Crippen LogP contribution in [0.5, 0.6) is 0 Å². The fourth-order valence-corrected chi connectivity index (χ4v) is 4.13. The van der Waals surface area contributed by atoms with E-state index in [2.05, 4.69) is 10.3 Å². The van der Waals surface area contributed by atoms with Gasteiger partial charge < -0.3 is 16.0 Å². The molecule has 4 aromatic rings. The number of hydrogen-bond donors (Lipinski definition) is 2. The van der Waals surface area contributed by atoms with Crippen LogP contribution in [-0.4, -0.2) is 44.6 Å². The molecule has 4 rings (SSSR count). The van der Waals surface area contributed by atoms with E-state index >= 15 is 0 Å². The number of halogens is 2. The number of fused-ring (bicyclic) bond motifs is 3. The molecule has 0 bridgehead atoms. The number of benzene rings is 2. The molecule has 0 aliphatic rings. The van der Waals surface area contributed by atoms with Crippen LogP contribution >= 0.6 is 11.6 Å². The molecule has 0 saturated carbocycles. The summed E-state index contributed by atoms with van der Waals surface area (Å²) in [4.78, 5) is 42.4. The van der Waals surface area contributed by atoms with Crippen molar-refractivity contribution in [3.05, 3.63) is 74.7 Å². The van der Waals surface area contributed by atoms with Crippen molar-refractivity contribution in [3.63, 3.8) is 0 Å². The zero-order valence-corrected chi connectivity index (χ0v) is 18.6. The van der Waals surface area contributed by atoms with Crippen molar-refractivity contribution in [2.24, 2.45) is 12.8 Å². The molecular weight excluding hydrogens is 463 g/mol. The van der Waals surface area contributed by atoms with E-state index in [1.165, 1.54) is 29.6 Å². The van der Waals surface area contributed by atoms with Crippen LogP contribution in [0.3, 0.4) is 0 Å². The van der Waals surface area contributed by atoms with Crippen molar-refractivity contribution >= 4 is 45.7 Å². The van der Waals surface area contributed by atoms with Gasteiger partial charge in [0.25, 0.3) is 17.4 Å². The fraction of sp³-hybridized carbons (Fsp3) is 0.217. The maximum absolute atomic E-state index is 13.8. The SMILES string of the molecule is [2H]C([2H])([2H])N(C(=O)c1ncn2c3c(C(C)Nc4ccc(F)cc4C(N)=O)cc(Cl)cc3c(=O)n(C)c12)C([2H])([2H])[2H]. The summed E-state index contributed by atoms with van der Waals surface area (Å²) in [6, 6.07) is 5.62. The van der Waals surface area contributed by atoms with Gasteiger partial charge in [0.2, 0.25) is 0 Å². The van der Waals surface area contributed by atoms with Gasteiger partial charge in [0, 0.05) is 45.5 Å². The molecule has 0 saturated heterocycles. The van der Waals surface area contributed by atoms with Crippen LogP contribution < -0.4 is 16.6 Å². The van der Waals surface area contributed by atoms with Crippen LogP contribution in [-0.2, 0) is 7.05 Å². The topological polar surface area (TPSA) is 115 Å². The van der Waals surface area contributed by atoms with Crippen LogP contribution in [0.15, 0.2) is 41.5 Å². The standard InChI is InChI=1S/C23H22ClFN6O3/c1-11(28-17-6-5-13(25)9-15(17)20(26)32)14-7-12(24)8-16-19(14)31-10-27-18(23(34)29(2)3)21(31)30(4)22(16)33/h5-11,28H,1-4H3,(H2,26,32)/i2D3,3D3. The van der Waals surface area contributed by atoms with Crippen LogP contribution in [0.1, 0.15) is 47.6 Å². The molecule has 176 valence electrons. The molecule has 0 aliphatic carbocycles. The lowest BCUT2D eigenvalue weighted by Crippen LogP contribution is -2.26. The van der Waals surface area contributed by atoms with Crippen molar-refractivity contribution in [1.29, 1.82) is 0 Å². The number of anilines is 1. The number of amides is 2. The molecule has 9 nitrogen and oxygen atoms in total. The summed E-state index contributed by atoms with van der Waals surface area (Å²) in [5.74, 6) is -2.99. The molecule has 1 atom stereocenters. The molecule has 0 fully saturated rings. The van der Waals surface area contributed by atoms with Crippen molar-refractivity contribution in [1.82, 2.24) is 18.9 Å². The van der Waals surface area contributed by atoms with E-state index in [0.29, 0.717) is 5.56 Å². The molecule has 2 aromatic carbocycles. The van der Waals surface area contributed by atoms with Gasteiger partial charge in [-0.3, -0.25) is 23.4 Å². The minimum atomic E-state index is -3.33. The predicted molar refractivity (Wildman–Crippen MR) is 128 cm³/mol. The average Bonchev–Trinajstić information content (AvgIpc) is 3.26. The molecule has 34 heavy (non-hydrogen) atoms. The highest BCUT2D eigenvalue weighted by molar-refractivity contribution is 6.31. The van der Waals surface area contributed by atoms with Crippen molar-refractivity contribution in [2.45, 2.75) is 13.0 Å². The molecule has 2 heterocycles. The molecule has 0 spiro atoms. The smallest absolute Gasteiger partial charge is 0.275 e. The Labute approximate surface area is 207 Å². The largest absolute Gasteiger partial charge is 0.378 e. The number of primary amides is 1. The fourth-order valence-electron chi connectivity index (χ4n) is 3.90. The summed E-state index contributed by atoms with van der Waals surface area (Å²) in [7, 11) is 1.31. The number of imidazole rings is 1. The van der Waals surface area contributed by atoms with Crippen molar-refractivity contribution in [3.8, 4) is 0 Å². The van der Waals surface area contributed by atoms with Crippen molar-refractivity contribution < 1.29 is 22.2 Å². The zero-order chi connectivity index (χ0) is 29.9. The monoisotopic (exact) mass is 490 g/mol. The quantitative estimate of drug-likeness (QED) is 0.446. The first kappa shape index (κ1) is 16.7. The van der Waals surface area contributed by atoms with E-state index in [4.69, 9.17) is 25.6 Å². The molecule has 0 radical (unpaired) electrons. The lowest BCUT2D eigenvalue weighted by atomic mass is 10.0. The predicted octanol–water partition coefficient (Wildman–Crippen LogP) is 2.95. The Morgan fingerprint density at radius 1 is 1.29 bits per heavy atom. The van der Waals surface area contributed by atoms with Gasteiger partial charge in [-0.25, -0.2) is 9.37 Å². The number of hydrogen-bond acceptors (Lipinski definition) is 5. The third-order valence-electron chi connectivity index (χ3n) is 5.43. The second kappa shape index (κ2) is 8.45.